The average molecular weight is 337 g/mol. The number of para-hydroxylation sites is 1. The van der Waals surface area contributed by atoms with Crippen molar-refractivity contribution >= 4 is 23.4 Å². The van der Waals surface area contributed by atoms with Gasteiger partial charge in [-0.05, 0) is 50.6 Å². The van der Waals surface area contributed by atoms with Crippen molar-refractivity contribution in [3.05, 3.63) is 58.9 Å². The SMILES string of the molecule is COCCn1c(C)cc(/C=C2\C(=O)N(c3ccccc3)N=C2C)c1C. The van der Waals surface area contributed by atoms with Crippen LogP contribution in [0.5, 0.6) is 0 Å². The van der Waals surface area contributed by atoms with Gasteiger partial charge in [-0.1, -0.05) is 18.2 Å². The fourth-order valence-corrected chi connectivity index (χ4v) is 3.08. The Morgan fingerprint density at radius 3 is 2.56 bits per heavy atom. The Kier molecular flexibility index (Phi) is 4.86. The molecule has 1 amide bonds. The number of hydrogen-bond donors (Lipinski definition) is 0. The number of amides is 1. The van der Waals surface area contributed by atoms with Crippen LogP contribution in [0.3, 0.4) is 0 Å². The topological polar surface area (TPSA) is 46.8 Å². The molecular weight excluding hydrogens is 314 g/mol. The summed E-state index contributed by atoms with van der Waals surface area (Å²) < 4.78 is 7.38. The number of rotatable bonds is 5. The Morgan fingerprint density at radius 2 is 1.88 bits per heavy atom. The predicted octanol–water partition coefficient (Wildman–Crippen LogP) is 3.56. The zero-order valence-electron chi connectivity index (χ0n) is 15.1. The second kappa shape index (κ2) is 7.07. The third kappa shape index (κ3) is 3.28. The molecule has 5 nitrogen and oxygen atoms in total. The van der Waals surface area contributed by atoms with Gasteiger partial charge in [0.25, 0.3) is 5.91 Å². The lowest BCUT2D eigenvalue weighted by molar-refractivity contribution is -0.114. The largest absolute Gasteiger partial charge is 0.383 e. The second-order valence-corrected chi connectivity index (χ2v) is 6.17. The van der Waals surface area contributed by atoms with Crippen LogP contribution < -0.4 is 5.01 Å². The zero-order valence-corrected chi connectivity index (χ0v) is 15.1. The molecule has 1 aromatic carbocycles. The molecule has 2 aromatic rings. The van der Waals surface area contributed by atoms with Crippen LogP contribution >= 0.6 is 0 Å². The van der Waals surface area contributed by atoms with Gasteiger partial charge >= 0.3 is 0 Å². The molecule has 130 valence electrons. The number of hydrogen-bond acceptors (Lipinski definition) is 3. The fourth-order valence-electron chi connectivity index (χ4n) is 3.08. The average Bonchev–Trinajstić information content (AvgIpc) is 3.04. The Hall–Kier alpha value is -2.66. The number of methoxy groups -OCH3 is 1. The van der Waals surface area contributed by atoms with Gasteiger partial charge in [0.05, 0.1) is 23.6 Å². The zero-order chi connectivity index (χ0) is 18.0. The van der Waals surface area contributed by atoms with E-state index in [9.17, 15) is 4.79 Å². The quantitative estimate of drug-likeness (QED) is 0.783. The molecule has 2 heterocycles. The molecule has 3 rings (SSSR count). The monoisotopic (exact) mass is 337 g/mol. The number of benzene rings is 1. The molecule has 1 aliphatic rings. The van der Waals surface area contributed by atoms with Crippen LogP contribution in [-0.2, 0) is 16.1 Å². The first-order chi connectivity index (χ1) is 12.0. The summed E-state index contributed by atoms with van der Waals surface area (Å²) in [5.74, 6) is -0.0922. The first-order valence-corrected chi connectivity index (χ1v) is 8.35. The molecule has 1 aromatic heterocycles. The van der Waals surface area contributed by atoms with Crippen LogP contribution in [0.15, 0.2) is 47.1 Å². The van der Waals surface area contributed by atoms with E-state index in [1.807, 2.05) is 43.3 Å². The molecule has 0 unspecified atom stereocenters. The van der Waals surface area contributed by atoms with Crippen molar-refractivity contribution in [3.8, 4) is 0 Å². The highest BCUT2D eigenvalue weighted by Gasteiger charge is 2.28. The minimum Gasteiger partial charge on any atom is -0.383 e. The van der Waals surface area contributed by atoms with Gasteiger partial charge in [0.2, 0.25) is 0 Å². The lowest BCUT2D eigenvalue weighted by atomic mass is 10.1. The molecular formula is C20H23N3O2. The van der Waals surface area contributed by atoms with Gasteiger partial charge in [-0.15, -0.1) is 0 Å². The second-order valence-electron chi connectivity index (χ2n) is 6.17. The first kappa shape index (κ1) is 17.2. The molecule has 0 fully saturated rings. The Bertz CT molecular complexity index is 847. The number of anilines is 1. The van der Waals surface area contributed by atoms with Gasteiger partial charge in [-0.2, -0.15) is 10.1 Å². The van der Waals surface area contributed by atoms with E-state index >= 15 is 0 Å². The van der Waals surface area contributed by atoms with E-state index in [0.717, 1.165) is 34.9 Å². The summed E-state index contributed by atoms with van der Waals surface area (Å²) in [5, 5.41) is 5.89. The molecule has 0 spiro atoms. The van der Waals surface area contributed by atoms with E-state index in [4.69, 9.17) is 4.74 Å². The predicted molar refractivity (Wildman–Crippen MR) is 101 cm³/mol. The Labute approximate surface area is 148 Å². The van der Waals surface area contributed by atoms with Crippen molar-refractivity contribution < 1.29 is 9.53 Å². The molecule has 0 aliphatic carbocycles. The summed E-state index contributed by atoms with van der Waals surface area (Å²) >= 11 is 0. The van der Waals surface area contributed by atoms with Crippen LogP contribution in [0.25, 0.3) is 6.08 Å². The highest BCUT2D eigenvalue weighted by Crippen LogP contribution is 2.26. The fraction of sp³-hybridized carbons (Fsp3) is 0.300. The normalized spacial score (nSPS) is 16.0. The minimum atomic E-state index is -0.0922. The van der Waals surface area contributed by atoms with Crippen LogP contribution in [-0.4, -0.2) is 29.9 Å². The summed E-state index contributed by atoms with van der Waals surface area (Å²) in [5.41, 5.74) is 5.47. The van der Waals surface area contributed by atoms with E-state index in [2.05, 4.69) is 29.6 Å². The van der Waals surface area contributed by atoms with E-state index < -0.39 is 0 Å². The number of nitrogens with zero attached hydrogens (tertiary/aromatic N) is 3. The summed E-state index contributed by atoms with van der Waals surface area (Å²) in [7, 11) is 1.70. The van der Waals surface area contributed by atoms with Crippen LogP contribution in [0, 0.1) is 13.8 Å². The maximum Gasteiger partial charge on any atom is 0.280 e. The molecule has 0 bridgehead atoms. The molecule has 0 saturated carbocycles. The molecule has 5 heteroatoms. The van der Waals surface area contributed by atoms with E-state index in [0.29, 0.717) is 12.2 Å². The molecule has 1 aliphatic heterocycles. The van der Waals surface area contributed by atoms with Crippen LogP contribution in [0.1, 0.15) is 23.9 Å². The standard InChI is InChI=1S/C20H23N3O2/c1-14-12-17(16(3)22(14)10-11-25-4)13-19-15(2)21-23(20(19)24)18-8-6-5-7-9-18/h5-9,12-13H,10-11H2,1-4H3/b19-13-. The van der Waals surface area contributed by atoms with E-state index in [-0.39, 0.29) is 5.91 Å². The Morgan fingerprint density at radius 1 is 1.16 bits per heavy atom. The molecule has 0 saturated heterocycles. The van der Waals surface area contributed by atoms with Crippen molar-refractivity contribution in [2.24, 2.45) is 5.10 Å². The van der Waals surface area contributed by atoms with Crippen molar-refractivity contribution in [1.29, 1.82) is 0 Å². The van der Waals surface area contributed by atoms with Crippen LogP contribution in [0.4, 0.5) is 5.69 Å². The number of carbonyl (C=O) groups excluding carboxylic acids is 1. The van der Waals surface area contributed by atoms with Gasteiger partial charge < -0.3 is 9.30 Å². The summed E-state index contributed by atoms with van der Waals surface area (Å²) in [4.78, 5) is 12.8. The highest BCUT2D eigenvalue weighted by atomic mass is 16.5. The van der Waals surface area contributed by atoms with Crippen molar-refractivity contribution in [1.82, 2.24) is 4.57 Å². The maximum atomic E-state index is 12.8. The summed E-state index contributed by atoms with van der Waals surface area (Å²) in [6.45, 7) is 7.47. The smallest absolute Gasteiger partial charge is 0.280 e. The minimum absolute atomic E-state index is 0.0922. The van der Waals surface area contributed by atoms with Crippen molar-refractivity contribution in [3.63, 3.8) is 0 Å². The van der Waals surface area contributed by atoms with Gasteiger partial charge in [-0.3, -0.25) is 4.79 Å². The molecule has 0 radical (unpaired) electrons. The lowest BCUT2D eigenvalue weighted by Crippen LogP contribution is -2.21. The van der Waals surface area contributed by atoms with E-state index in [1.54, 1.807) is 7.11 Å². The number of aryl methyl sites for hydroxylation is 1. The molecule has 0 N–H and O–H groups in total. The van der Waals surface area contributed by atoms with Crippen molar-refractivity contribution in [2.75, 3.05) is 18.7 Å². The van der Waals surface area contributed by atoms with E-state index in [1.165, 1.54) is 5.01 Å². The Balaban J connectivity index is 1.92. The molecule has 0 atom stereocenters. The summed E-state index contributed by atoms with van der Waals surface area (Å²) in [6, 6.07) is 11.6. The van der Waals surface area contributed by atoms with Gasteiger partial charge in [0.15, 0.2) is 0 Å². The highest BCUT2D eigenvalue weighted by molar-refractivity contribution is 6.32. The van der Waals surface area contributed by atoms with Crippen molar-refractivity contribution in [2.45, 2.75) is 27.3 Å². The number of aromatic nitrogens is 1. The van der Waals surface area contributed by atoms with Gasteiger partial charge in [0, 0.05) is 25.0 Å². The van der Waals surface area contributed by atoms with Gasteiger partial charge in [-0.25, -0.2) is 0 Å². The lowest BCUT2D eigenvalue weighted by Gasteiger charge is -2.11. The molecule has 25 heavy (non-hydrogen) atoms. The summed E-state index contributed by atoms with van der Waals surface area (Å²) in [6.07, 6.45) is 1.94. The van der Waals surface area contributed by atoms with Gasteiger partial charge in [0.1, 0.15) is 0 Å². The third-order valence-electron chi connectivity index (χ3n) is 4.49. The van der Waals surface area contributed by atoms with Crippen LogP contribution in [0.2, 0.25) is 0 Å². The number of ether oxygens (including phenoxy) is 1. The number of hydrazone groups is 1. The first-order valence-electron chi connectivity index (χ1n) is 8.35. The third-order valence-corrected chi connectivity index (χ3v) is 4.49. The number of carbonyl (C=O) groups is 1. The maximum absolute atomic E-state index is 12.8.